The van der Waals surface area contributed by atoms with Gasteiger partial charge in [0.25, 0.3) is 0 Å². The zero-order chi connectivity index (χ0) is 27.1. The maximum atomic E-state index is 11.9. The maximum Gasteiger partial charge on any atom is 0.307 e. The van der Waals surface area contributed by atoms with Crippen molar-refractivity contribution >= 4 is 5.97 Å². The van der Waals surface area contributed by atoms with E-state index in [1.807, 2.05) is 60.7 Å². The minimum absolute atomic E-state index is 0.275. The van der Waals surface area contributed by atoms with Crippen LogP contribution in [-0.4, -0.2) is 57.5 Å². The van der Waals surface area contributed by atoms with Gasteiger partial charge in [-0.3, -0.25) is 9.69 Å². The molecule has 1 heterocycles. The highest BCUT2D eigenvalue weighted by Gasteiger charge is 2.33. The molecule has 1 N–H and O–H groups in total. The first-order valence-electron chi connectivity index (χ1n) is 12.6. The highest BCUT2D eigenvalue weighted by atomic mass is 16.5. The van der Waals surface area contributed by atoms with Crippen molar-refractivity contribution in [1.29, 1.82) is 0 Å². The third-order valence-electron chi connectivity index (χ3n) is 6.92. The molecule has 0 bridgehead atoms. The molecule has 1 aliphatic rings. The Bertz CT molecular complexity index is 1210. The number of rotatable bonds is 11. The smallest absolute Gasteiger partial charge is 0.307 e. The molecule has 0 amide bonds. The first-order chi connectivity index (χ1) is 18.5. The minimum atomic E-state index is -0.777. The van der Waals surface area contributed by atoms with Gasteiger partial charge < -0.3 is 28.8 Å². The molecule has 202 valence electrons. The number of hydrogen-bond donors (Lipinski definition) is 1. The third kappa shape index (κ3) is 5.97. The number of carboxylic acid groups (broad SMARTS) is 1. The summed E-state index contributed by atoms with van der Waals surface area (Å²) in [5.41, 5.74) is 2.86. The van der Waals surface area contributed by atoms with Gasteiger partial charge in [-0.2, -0.15) is 0 Å². The van der Waals surface area contributed by atoms with Crippen LogP contribution >= 0.6 is 0 Å². The molecule has 1 saturated heterocycles. The lowest BCUT2D eigenvalue weighted by Crippen LogP contribution is -2.41. The molecule has 3 aromatic carbocycles. The summed E-state index contributed by atoms with van der Waals surface area (Å²) in [6.07, 6.45) is 1.44. The number of hydrogen-bond acceptors (Lipinski definition) is 7. The zero-order valence-electron chi connectivity index (χ0n) is 22.3. The molecule has 0 aliphatic carbocycles. The second-order valence-corrected chi connectivity index (χ2v) is 9.22. The molecule has 8 heteroatoms. The fourth-order valence-corrected chi connectivity index (χ4v) is 5.01. The summed E-state index contributed by atoms with van der Waals surface area (Å²) in [7, 11) is 6.39. The summed E-state index contributed by atoms with van der Waals surface area (Å²) >= 11 is 0. The van der Waals surface area contributed by atoms with Gasteiger partial charge in [-0.25, -0.2) is 0 Å². The molecule has 1 fully saturated rings. The van der Waals surface area contributed by atoms with Crippen LogP contribution in [0.1, 0.15) is 35.6 Å². The maximum absolute atomic E-state index is 11.9. The Balaban J connectivity index is 1.78. The molecule has 0 saturated carbocycles. The molecule has 2 unspecified atom stereocenters. The topological polar surface area (TPSA) is 86.7 Å². The van der Waals surface area contributed by atoms with Crippen LogP contribution in [0.3, 0.4) is 0 Å². The van der Waals surface area contributed by atoms with Gasteiger partial charge in [-0.1, -0.05) is 36.4 Å². The third-order valence-corrected chi connectivity index (χ3v) is 6.92. The summed E-state index contributed by atoms with van der Waals surface area (Å²) in [4.78, 5) is 14.1. The molecule has 38 heavy (non-hydrogen) atoms. The number of aliphatic carboxylic acids is 1. The fourth-order valence-electron chi connectivity index (χ4n) is 5.01. The van der Waals surface area contributed by atoms with Crippen molar-refractivity contribution < 1.29 is 33.6 Å². The van der Waals surface area contributed by atoms with Gasteiger partial charge >= 0.3 is 5.97 Å². The highest BCUT2D eigenvalue weighted by molar-refractivity contribution is 5.70. The van der Waals surface area contributed by atoms with E-state index in [1.54, 1.807) is 28.4 Å². The Hall–Kier alpha value is -3.91. The van der Waals surface area contributed by atoms with Crippen LogP contribution in [0.5, 0.6) is 28.7 Å². The Kier molecular flexibility index (Phi) is 8.97. The van der Waals surface area contributed by atoms with Crippen LogP contribution in [0.2, 0.25) is 0 Å². The van der Waals surface area contributed by atoms with Crippen molar-refractivity contribution in [3.63, 3.8) is 0 Å². The van der Waals surface area contributed by atoms with Crippen LogP contribution in [0.15, 0.2) is 60.7 Å². The normalized spacial score (nSPS) is 16.4. The van der Waals surface area contributed by atoms with Crippen molar-refractivity contribution in [3.05, 3.63) is 77.4 Å². The molecular formula is C30H35NO7. The summed E-state index contributed by atoms with van der Waals surface area (Å²) in [6.45, 7) is 1.53. The standard InChI is InChI=1S/C30H35NO7/c1-34-24-13-12-21(15-25(24)35-2)28(31-14-8-11-22(18-31)30(32)33)23-16-26(36-3)29(27(17-23)37-4)38-19-20-9-6-5-7-10-20/h5-7,9-10,12-13,15-17,22,28H,8,11,14,18-19H2,1-4H3,(H,32,33). The molecule has 3 aromatic rings. The van der Waals surface area contributed by atoms with Gasteiger partial charge in [0, 0.05) is 6.54 Å². The Morgan fingerprint density at radius 2 is 1.50 bits per heavy atom. The Morgan fingerprint density at radius 1 is 0.868 bits per heavy atom. The Morgan fingerprint density at radius 3 is 2.11 bits per heavy atom. The lowest BCUT2D eigenvalue weighted by Gasteiger charge is -2.38. The van der Waals surface area contributed by atoms with E-state index < -0.39 is 11.9 Å². The molecular weight excluding hydrogens is 486 g/mol. The average molecular weight is 522 g/mol. The van der Waals surface area contributed by atoms with E-state index in [1.165, 1.54) is 0 Å². The molecule has 0 aromatic heterocycles. The van der Waals surface area contributed by atoms with Gasteiger partial charge in [0.15, 0.2) is 23.0 Å². The largest absolute Gasteiger partial charge is 0.493 e. The SMILES string of the molecule is COc1ccc(C(c2cc(OC)c(OCc3ccccc3)c(OC)c2)N2CCCC(C(=O)O)C2)cc1OC. The lowest BCUT2D eigenvalue weighted by atomic mass is 9.91. The van der Waals surface area contributed by atoms with Gasteiger partial charge in [0.05, 0.1) is 40.4 Å². The van der Waals surface area contributed by atoms with Crippen molar-refractivity contribution in [2.75, 3.05) is 41.5 Å². The molecule has 1 aliphatic heterocycles. The molecule has 0 spiro atoms. The van der Waals surface area contributed by atoms with Gasteiger partial charge in [0.1, 0.15) is 6.61 Å². The number of piperidine rings is 1. The second-order valence-electron chi connectivity index (χ2n) is 9.22. The van der Waals surface area contributed by atoms with E-state index in [0.29, 0.717) is 48.3 Å². The number of ether oxygens (including phenoxy) is 5. The highest BCUT2D eigenvalue weighted by Crippen LogP contribution is 2.44. The molecule has 8 nitrogen and oxygen atoms in total. The van der Waals surface area contributed by atoms with Gasteiger partial charge in [-0.15, -0.1) is 0 Å². The number of likely N-dealkylation sites (tertiary alicyclic amines) is 1. The predicted molar refractivity (Wildman–Crippen MR) is 144 cm³/mol. The first kappa shape index (κ1) is 27.1. The van der Waals surface area contributed by atoms with E-state index in [-0.39, 0.29) is 6.04 Å². The van der Waals surface area contributed by atoms with Crippen molar-refractivity contribution in [1.82, 2.24) is 4.90 Å². The number of methoxy groups -OCH3 is 4. The quantitative estimate of drug-likeness (QED) is 0.369. The monoisotopic (exact) mass is 521 g/mol. The van der Waals surface area contributed by atoms with E-state index in [4.69, 9.17) is 23.7 Å². The van der Waals surface area contributed by atoms with Crippen LogP contribution in [-0.2, 0) is 11.4 Å². The van der Waals surface area contributed by atoms with Gasteiger partial charge in [-0.05, 0) is 60.3 Å². The van der Waals surface area contributed by atoms with Crippen LogP contribution in [0.4, 0.5) is 0 Å². The van der Waals surface area contributed by atoms with Crippen molar-refractivity contribution in [2.24, 2.45) is 5.92 Å². The van der Waals surface area contributed by atoms with E-state index in [2.05, 4.69) is 4.90 Å². The first-order valence-corrected chi connectivity index (χ1v) is 12.6. The second kappa shape index (κ2) is 12.6. The molecule has 2 atom stereocenters. The predicted octanol–water partition coefficient (Wildman–Crippen LogP) is 5.19. The molecule has 0 radical (unpaired) electrons. The van der Waals surface area contributed by atoms with Crippen molar-refractivity contribution in [3.8, 4) is 28.7 Å². The number of carboxylic acids is 1. The lowest BCUT2D eigenvalue weighted by molar-refractivity contribution is -0.143. The molecule has 4 rings (SSSR count). The van der Waals surface area contributed by atoms with E-state index in [9.17, 15) is 9.90 Å². The number of benzene rings is 3. The average Bonchev–Trinajstić information content (AvgIpc) is 2.96. The van der Waals surface area contributed by atoms with Crippen LogP contribution < -0.4 is 23.7 Å². The summed E-state index contributed by atoms with van der Waals surface area (Å²) in [5.74, 6) is 1.58. The van der Waals surface area contributed by atoms with Gasteiger partial charge in [0.2, 0.25) is 5.75 Å². The zero-order valence-corrected chi connectivity index (χ0v) is 22.3. The Labute approximate surface area is 223 Å². The van der Waals surface area contributed by atoms with E-state index in [0.717, 1.165) is 29.7 Å². The van der Waals surface area contributed by atoms with Crippen molar-refractivity contribution in [2.45, 2.75) is 25.5 Å². The number of carbonyl (C=O) groups is 1. The number of nitrogens with zero attached hydrogens (tertiary/aromatic N) is 1. The van der Waals surface area contributed by atoms with E-state index >= 15 is 0 Å². The van der Waals surface area contributed by atoms with Crippen LogP contribution in [0.25, 0.3) is 0 Å². The summed E-state index contributed by atoms with van der Waals surface area (Å²) < 4.78 is 28.7. The van der Waals surface area contributed by atoms with Crippen LogP contribution in [0, 0.1) is 5.92 Å². The fraction of sp³-hybridized carbons (Fsp3) is 0.367. The summed E-state index contributed by atoms with van der Waals surface area (Å²) in [6, 6.07) is 19.3. The minimum Gasteiger partial charge on any atom is -0.493 e. The summed E-state index contributed by atoms with van der Waals surface area (Å²) in [5, 5.41) is 9.76.